The second-order valence-electron chi connectivity index (χ2n) is 5.41. The Morgan fingerprint density at radius 3 is 2.59 bits per heavy atom. The lowest BCUT2D eigenvalue weighted by Gasteiger charge is -2.30. The molecule has 100 valence electrons. The number of piperidine rings is 1. The molecule has 0 bridgehead atoms. The predicted octanol–water partition coefficient (Wildman–Crippen LogP) is 0.833. The van der Waals surface area contributed by atoms with Crippen molar-refractivity contribution in [1.82, 2.24) is 15.5 Å². The van der Waals surface area contributed by atoms with Gasteiger partial charge in [-0.25, -0.2) is 0 Å². The van der Waals surface area contributed by atoms with Crippen LogP contribution in [0.5, 0.6) is 0 Å². The molecule has 1 fully saturated rings. The van der Waals surface area contributed by atoms with Crippen molar-refractivity contribution in [2.75, 3.05) is 32.7 Å². The number of nitrogens with one attached hydrogen (secondary N) is 2. The summed E-state index contributed by atoms with van der Waals surface area (Å²) in [7, 11) is 0. The zero-order valence-electron chi connectivity index (χ0n) is 11.5. The van der Waals surface area contributed by atoms with E-state index in [4.69, 9.17) is 0 Å². The molecule has 1 heterocycles. The summed E-state index contributed by atoms with van der Waals surface area (Å²) in [6, 6.07) is 0.365. The van der Waals surface area contributed by atoms with Gasteiger partial charge in [-0.05, 0) is 31.8 Å². The lowest BCUT2D eigenvalue weighted by atomic mass is 9.99. The van der Waals surface area contributed by atoms with Gasteiger partial charge in [0.2, 0.25) is 5.91 Å². The van der Waals surface area contributed by atoms with Crippen molar-refractivity contribution in [2.24, 2.45) is 5.92 Å². The van der Waals surface area contributed by atoms with E-state index in [9.17, 15) is 4.79 Å². The number of carbonyl (C=O) groups is 1. The Hall–Kier alpha value is -0.610. The van der Waals surface area contributed by atoms with Crippen molar-refractivity contribution >= 4 is 5.91 Å². The zero-order valence-corrected chi connectivity index (χ0v) is 11.5. The van der Waals surface area contributed by atoms with Crippen molar-refractivity contribution in [1.29, 1.82) is 0 Å². The Labute approximate surface area is 105 Å². The van der Waals surface area contributed by atoms with Gasteiger partial charge in [0, 0.05) is 19.1 Å². The number of carbonyl (C=O) groups excluding carboxylic acids is 1. The number of amides is 1. The molecule has 1 rings (SSSR count). The number of likely N-dealkylation sites (tertiary alicyclic amines) is 1. The number of nitrogens with zero attached hydrogens (tertiary/aromatic N) is 1. The Balaban J connectivity index is 2.01. The van der Waals surface area contributed by atoms with E-state index in [-0.39, 0.29) is 5.91 Å². The standard InChI is InChI=1S/C13H27N3O/c1-11(2)15-10-13(17)14-6-9-16-7-4-12(3)5-8-16/h11-12,15H,4-10H2,1-3H3,(H,14,17). The van der Waals surface area contributed by atoms with Crippen LogP contribution in [-0.4, -0.2) is 49.6 Å². The minimum Gasteiger partial charge on any atom is -0.354 e. The molecular formula is C13H27N3O. The van der Waals surface area contributed by atoms with Gasteiger partial charge >= 0.3 is 0 Å². The fourth-order valence-electron chi connectivity index (χ4n) is 2.00. The lowest BCUT2D eigenvalue weighted by Crippen LogP contribution is -2.42. The first kappa shape index (κ1) is 14.5. The molecule has 0 aromatic rings. The summed E-state index contributed by atoms with van der Waals surface area (Å²) in [6.45, 7) is 10.9. The largest absolute Gasteiger partial charge is 0.354 e. The predicted molar refractivity (Wildman–Crippen MR) is 71.0 cm³/mol. The first-order chi connectivity index (χ1) is 8.08. The second kappa shape index (κ2) is 7.67. The quantitative estimate of drug-likeness (QED) is 0.724. The Kier molecular flexibility index (Phi) is 6.52. The van der Waals surface area contributed by atoms with Gasteiger partial charge in [-0.1, -0.05) is 20.8 Å². The van der Waals surface area contributed by atoms with Crippen LogP contribution in [0.15, 0.2) is 0 Å². The summed E-state index contributed by atoms with van der Waals surface area (Å²) in [5, 5.41) is 6.07. The molecule has 4 nitrogen and oxygen atoms in total. The molecule has 0 atom stereocenters. The molecule has 0 spiro atoms. The van der Waals surface area contributed by atoms with Crippen LogP contribution in [0.3, 0.4) is 0 Å². The molecular weight excluding hydrogens is 214 g/mol. The second-order valence-corrected chi connectivity index (χ2v) is 5.41. The molecule has 0 aromatic carbocycles. The van der Waals surface area contributed by atoms with Gasteiger partial charge in [0.15, 0.2) is 0 Å². The van der Waals surface area contributed by atoms with Crippen molar-refractivity contribution in [3.63, 3.8) is 0 Å². The highest BCUT2D eigenvalue weighted by atomic mass is 16.1. The van der Waals surface area contributed by atoms with Gasteiger partial charge < -0.3 is 15.5 Å². The fraction of sp³-hybridized carbons (Fsp3) is 0.923. The molecule has 1 aliphatic rings. The van der Waals surface area contributed by atoms with Crippen LogP contribution in [0, 0.1) is 5.92 Å². The molecule has 4 heteroatoms. The summed E-state index contributed by atoms with van der Waals surface area (Å²) in [5.74, 6) is 0.972. The maximum atomic E-state index is 11.4. The van der Waals surface area contributed by atoms with E-state index in [1.54, 1.807) is 0 Å². The molecule has 1 aliphatic heterocycles. The van der Waals surface area contributed by atoms with Gasteiger partial charge in [-0.2, -0.15) is 0 Å². The van der Waals surface area contributed by atoms with E-state index in [1.165, 1.54) is 25.9 Å². The average molecular weight is 241 g/mol. The Morgan fingerprint density at radius 1 is 1.35 bits per heavy atom. The van der Waals surface area contributed by atoms with E-state index in [1.807, 2.05) is 13.8 Å². The van der Waals surface area contributed by atoms with Gasteiger partial charge in [0.25, 0.3) is 0 Å². The van der Waals surface area contributed by atoms with Gasteiger partial charge in [0.1, 0.15) is 0 Å². The van der Waals surface area contributed by atoms with Crippen molar-refractivity contribution < 1.29 is 4.79 Å². The highest BCUT2D eigenvalue weighted by molar-refractivity contribution is 5.77. The van der Waals surface area contributed by atoms with Crippen LogP contribution in [0.25, 0.3) is 0 Å². The molecule has 0 aromatic heterocycles. The first-order valence-corrected chi connectivity index (χ1v) is 6.80. The van der Waals surface area contributed by atoms with Crippen molar-refractivity contribution in [2.45, 2.75) is 39.7 Å². The monoisotopic (exact) mass is 241 g/mol. The van der Waals surface area contributed by atoms with E-state index in [0.29, 0.717) is 12.6 Å². The third-order valence-corrected chi connectivity index (χ3v) is 3.30. The summed E-state index contributed by atoms with van der Waals surface area (Å²) in [4.78, 5) is 13.9. The topological polar surface area (TPSA) is 44.4 Å². The smallest absolute Gasteiger partial charge is 0.234 e. The van der Waals surface area contributed by atoms with Crippen molar-refractivity contribution in [3.05, 3.63) is 0 Å². The van der Waals surface area contributed by atoms with Crippen molar-refractivity contribution in [3.8, 4) is 0 Å². The lowest BCUT2D eigenvalue weighted by molar-refractivity contribution is -0.120. The summed E-state index contributed by atoms with van der Waals surface area (Å²) < 4.78 is 0. The molecule has 0 unspecified atom stereocenters. The highest BCUT2D eigenvalue weighted by Gasteiger charge is 2.15. The van der Waals surface area contributed by atoms with E-state index in [2.05, 4.69) is 22.5 Å². The molecule has 1 amide bonds. The van der Waals surface area contributed by atoms with Crippen LogP contribution in [0.4, 0.5) is 0 Å². The molecule has 0 radical (unpaired) electrons. The van der Waals surface area contributed by atoms with Crippen LogP contribution in [0.2, 0.25) is 0 Å². The van der Waals surface area contributed by atoms with Crippen LogP contribution >= 0.6 is 0 Å². The van der Waals surface area contributed by atoms with Crippen LogP contribution in [0.1, 0.15) is 33.6 Å². The number of hydrogen-bond donors (Lipinski definition) is 2. The van der Waals surface area contributed by atoms with Gasteiger partial charge in [0.05, 0.1) is 6.54 Å². The molecule has 2 N–H and O–H groups in total. The van der Waals surface area contributed by atoms with Crippen LogP contribution in [-0.2, 0) is 4.79 Å². The SMILES string of the molecule is CC1CCN(CCNC(=O)CNC(C)C)CC1. The zero-order chi connectivity index (χ0) is 12.7. The van der Waals surface area contributed by atoms with E-state index in [0.717, 1.165) is 19.0 Å². The third-order valence-electron chi connectivity index (χ3n) is 3.30. The van der Waals surface area contributed by atoms with E-state index < -0.39 is 0 Å². The minimum atomic E-state index is 0.101. The Bertz CT molecular complexity index is 223. The van der Waals surface area contributed by atoms with Gasteiger partial charge in [-0.3, -0.25) is 4.79 Å². The van der Waals surface area contributed by atoms with E-state index >= 15 is 0 Å². The van der Waals surface area contributed by atoms with Gasteiger partial charge in [-0.15, -0.1) is 0 Å². The fourth-order valence-corrected chi connectivity index (χ4v) is 2.00. The Morgan fingerprint density at radius 2 is 2.00 bits per heavy atom. The maximum absolute atomic E-state index is 11.4. The first-order valence-electron chi connectivity index (χ1n) is 6.80. The molecule has 0 aliphatic carbocycles. The summed E-state index contributed by atoms with van der Waals surface area (Å²) >= 11 is 0. The molecule has 17 heavy (non-hydrogen) atoms. The summed E-state index contributed by atoms with van der Waals surface area (Å²) in [5.41, 5.74) is 0. The highest BCUT2D eigenvalue weighted by Crippen LogP contribution is 2.14. The average Bonchev–Trinajstić information content (AvgIpc) is 2.29. The summed E-state index contributed by atoms with van der Waals surface area (Å²) in [6.07, 6.45) is 2.59. The molecule has 0 saturated carbocycles. The van der Waals surface area contributed by atoms with Crippen LogP contribution < -0.4 is 10.6 Å². The molecule has 1 saturated heterocycles. The normalized spacial score (nSPS) is 18.6. The number of hydrogen-bond acceptors (Lipinski definition) is 3. The minimum absolute atomic E-state index is 0.101. The third kappa shape index (κ3) is 6.64. The number of rotatable bonds is 6. The maximum Gasteiger partial charge on any atom is 0.234 e.